The van der Waals surface area contributed by atoms with Crippen molar-refractivity contribution in [2.45, 2.75) is 37.6 Å². The lowest BCUT2D eigenvalue weighted by atomic mass is 9.77. The second-order valence-electron chi connectivity index (χ2n) is 7.85. The molecule has 1 saturated heterocycles. The van der Waals surface area contributed by atoms with Crippen molar-refractivity contribution in [2.75, 3.05) is 19.5 Å². The van der Waals surface area contributed by atoms with Crippen molar-refractivity contribution in [1.29, 1.82) is 0 Å². The van der Waals surface area contributed by atoms with E-state index >= 15 is 0 Å². The van der Waals surface area contributed by atoms with Crippen LogP contribution in [0.5, 0.6) is 5.75 Å². The predicted molar refractivity (Wildman–Crippen MR) is 108 cm³/mol. The largest absolute Gasteiger partial charge is 0.493 e. The number of benzene rings is 1. The van der Waals surface area contributed by atoms with Gasteiger partial charge in [-0.25, -0.2) is 14.2 Å². The number of aromatic nitrogens is 1. The third-order valence-corrected chi connectivity index (χ3v) is 6.00. The number of amides is 1. The van der Waals surface area contributed by atoms with Crippen LogP contribution in [0.4, 0.5) is 27.6 Å². The predicted octanol–water partition coefficient (Wildman–Crippen LogP) is 4.23. The summed E-state index contributed by atoms with van der Waals surface area (Å²) >= 11 is 0. The van der Waals surface area contributed by atoms with Crippen molar-refractivity contribution >= 4 is 17.6 Å². The Bertz CT molecular complexity index is 1090. The number of hydrogen-bond acceptors (Lipinski definition) is 6. The zero-order chi connectivity index (χ0) is 25.4. The summed E-state index contributed by atoms with van der Waals surface area (Å²) in [7, 11) is 2.19. The van der Waals surface area contributed by atoms with E-state index in [9.17, 15) is 31.5 Å². The van der Waals surface area contributed by atoms with Crippen LogP contribution in [-0.2, 0) is 14.3 Å². The summed E-state index contributed by atoms with van der Waals surface area (Å²) in [5.41, 5.74) is -2.92. The van der Waals surface area contributed by atoms with Crippen molar-refractivity contribution < 1.29 is 45.8 Å². The van der Waals surface area contributed by atoms with Crippen LogP contribution in [0.15, 0.2) is 30.5 Å². The molecule has 2 aromatic rings. The van der Waals surface area contributed by atoms with E-state index in [1.54, 1.807) is 0 Å². The SMILES string of the molecule is COC(=O)c1ccc(NC(=O)[C@@H]2O[C@@](C)(C(F)(F)F)[C@@H](C)[C@H]2c2ccc(F)c(F)c2OC)cn1. The number of anilines is 1. The van der Waals surface area contributed by atoms with Gasteiger partial charge in [-0.3, -0.25) is 4.79 Å². The number of ether oxygens (including phenoxy) is 3. The average molecular weight is 488 g/mol. The average Bonchev–Trinajstić information content (AvgIpc) is 3.07. The molecule has 0 saturated carbocycles. The molecule has 1 N–H and O–H groups in total. The van der Waals surface area contributed by atoms with Crippen LogP contribution in [0.3, 0.4) is 0 Å². The van der Waals surface area contributed by atoms with E-state index < -0.39 is 59.0 Å². The minimum atomic E-state index is -4.88. The molecule has 3 rings (SSSR count). The van der Waals surface area contributed by atoms with Crippen LogP contribution in [0, 0.1) is 17.6 Å². The van der Waals surface area contributed by atoms with Crippen molar-refractivity contribution in [1.82, 2.24) is 4.98 Å². The van der Waals surface area contributed by atoms with E-state index in [-0.39, 0.29) is 16.9 Å². The highest BCUT2D eigenvalue weighted by Gasteiger charge is 2.65. The summed E-state index contributed by atoms with van der Waals surface area (Å²) in [6, 6.07) is 4.35. The van der Waals surface area contributed by atoms with Crippen LogP contribution in [0.1, 0.15) is 35.8 Å². The maximum Gasteiger partial charge on any atom is 0.417 e. The molecule has 184 valence electrons. The number of rotatable bonds is 5. The molecule has 0 spiro atoms. The number of esters is 1. The number of carbonyl (C=O) groups excluding carboxylic acids is 2. The molecule has 1 aliphatic heterocycles. The van der Waals surface area contributed by atoms with Gasteiger partial charge in [0.1, 0.15) is 11.8 Å². The molecule has 1 aliphatic rings. The molecule has 0 aliphatic carbocycles. The van der Waals surface area contributed by atoms with E-state index in [2.05, 4.69) is 15.0 Å². The van der Waals surface area contributed by atoms with E-state index in [1.807, 2.05) is 0 Å². The molecule has 1 amide bonds. The van der Waals surface area contributed by atoms with Gasteiger partial charge in [0.2, 0.25) is 5.82 Å². The normalized spacial score (nSPS) is 24.6. The van der Waals surface area contributed by atoms with Crippen LogP contribution in [0.2, 0.25) is 0 Å². The van der Waals surface area contributed by atoms with Crippen molar-refractivity contribution in [3.63, 3.8) is 0 Å². The van der Waals surface area contributed by atoms with Gasteiger partial charge in [-0.2, -0.15) is 17.6 Å². The Morgan fingerprint density at radius 1 is 1.15 bits per heavy atom. The number of halogens is 5. The van der Waals surface area contributed by atoms with E-state index in [0.29, 0.717) is 0 Å². The quantitative estimate of drug-likeness (QED) is 0.501. The van der Waals surface area contributed by atoms with Gasteiger partial charge in [-0.05, 0) is 25.1 Å². The van der Waals surface area contributed by atoms with Gasteiger partial charge in [0.05, 0.1) is 26.1 Å². The lowest BCUT2D eigenvalue weighted by molar-refractivity contribution is -0.272. The number of pyridine rings is 1. The summed E-state index contributed by atoms with van der Waals surface area (Å²) in [4.78, 5) is 28.4. The first-order valence-electron chi connectivity index (χ1n) is 9.97. The van der Waals surface area contributed by atoms with Crippen LogP contribution in [-0.4, -0.2) is 49.0 Å². The summed E-state index contributed by atoms with van der Waals surface area (Å²) in [5, 5.41) is 2.39. The molecule has 2 heterocycles. The molecule has 1 aromatic carbocycles. The summed E-state index contributed by atoms with van der Waals surface area (Å²) in [5.74, 6) is -7.71. The number of carbonyl (C=O) groups is 2. The van der Waals surface area contributed by atoms with Gasteiger partial charge in [0.15, 0.2) is 17.2 Å². The topological polar surface area (TPSA) is 86.8 Å². The monoisotopic (exact) mass is 488 g/mol. The number of hydrogen-bond donors (Lipinski definition) is 1. The fraction of sp³-hybridized carbons (Fsp3) is 0.409. The summed E-state index contributed by atoms with van der Waals surface area (Å²) < 4.78 is 84.7. The fourth-order valence-electron chi connectivity index (χ4n) is 3.95. The van der Waals surface area contributed by atoms with Crippen molar-refractivity contribution in [2.24, 2.45) is 5.92 Å². The Balaban J connectivity index is 2.02. The first-order chi connectivity index (χ1) is 15.9. The van der Waals surface area contributed by atoms with Crippen LogP contribution in [0.25, 0.3) is 0 Å². The Morgan fingerprint density at radius 3 is 2.35 bits per heavy atom. The Kier molecular flexibility index (Phi) is 6.83. The van der Waals surface area contributed by atoms with Crippen LogP contribution < -0.4 is 10.1 Å². The van der Waals surface area contributed by atoms with Gasteiger partial charge >= 0.3 is 12.1 Å². The summed E-state index contributed by atoms with van der Waals surface area (Å²) in [6.45, 7) is 2.00. The Labute approximate surface area is 191 Å². The second kappa shape index (κ2) is 9.16. The summed E-state index contributed by atoms with van der Waals surface area (Å²) in [6.07, 6.45) is -5.52. The maximum atomic E-state index is 14.4. The van der Waals surface area contributed by atoms with Gasteiger partial charge in [0.25, 0.3) is 5.91 Å². The van der Waals surface area contributed by atoms with Crippen LogP contribution >= 0.6 is 0 Å². The molecule has 34 heavy (non-hydrogen) atoms. The molecule has 1 aromatic heterocycles. The standard InChI is InChI=1S/C22H21F5N2O5/c1-10-15(12-6-7-13(23)16(24)17(12)32-3)18(34-21(10,2)22(25,26)27)19(30)29-11-5-8-14(28-9-11)20(31)33-4/h5-10,15,18H,1-4H3,(H,29,30)/t10-,15-,18+,21+/m0/s1. The molecule has 0 radical (unpaired) electrons. The Hall–Kier alpha value is -3.28. The number of nitrogens with zero attached hydrogens (tertiary/aromatic N) is 1. The minimum Gasteiger partial charge on any atom is -0.493 e. The highest BCUT2D eigenvalue weighted by Crippen LogP contribution is 2.54. The first-order valence-corrected chi connectivity index (χ1v) is 9.97. The molecular weight excluding hydrogens is 467 g/mol. The smallest absolute Gasteiger partial charge is 0.417 e. The molecule has 4 atom stereocenters. The third-order valence-electron chi connectivity index (χ3n) is 6.00. The molecule has 0 unspecified atom stereocenters. The fourth-order valence-corrected chi connectivity index (χ4v) is 3.95. The first kappa shape index (κ1) is 25.3. The molecular formula is C22H21F5N2O5. The second-order valence-corrected chi connectivity index (χ2v) is 7.85. The highest BCUT2D eigenvalue weighted by atomic mass is 19.4. The molecule has 7 nitrogen and oxygen atoms in total. The lowest BCUT2D eigenvalue weighted by Crippen LogP contribution is -2.47. The van der Waals surface area contributed by atoms with E-state index in [0.717, 1.165) is 39.5 Å². The zero-order valence-corrected chi connectivity index (χ0v) is 18.5. The maximum absolute atomic E-state index is 14.4. The highest BCUT2D eigenvalue weighted by molar-refractivity contribution is 5.95. The van der Waals surface area contributed by atoms with Gasteiger partial charge in [-0.1, -0.05) is 13.0 Å². The van der Waals surface area contributed by atoms with Gasteiger partial charge < -0.3 is 19.5 Å². The molecule has 0 bridgehead atoms. The number of methoxy groups -OCH3 is 2. The molecule has 1 fully saturated rings. The Morgan fingerprint density at radius 2 is 1.82 bits per heavy atom. The van der Waals surface area contributed by atoms with Gasteiger partial charge in [0, 0.05) is 17.4 Å². The lowest BCUT2D eigenvalue weighted by Gasteiger charge is -2.32. The van der Waals surface area contributed by atoms with Crippen molar-refractivity contribution in [3.8, 4) is 5.75 Å². The van der Waals surface area contributed by atoms with Gasteiger partial charge in [-0.15, -0.1) is 0 Å². The van der Waals surface area contributed by atoms with E-state index in [4.69, 9.17) is 9.47 Å². The molecule has 12 heteroatoms. The number of alkyl halides is 3. The zero-order valence-electron chi connectivity index (χ0n) is 18.5. The third kappa shape index (κ3) is 4.29. The van der Waals surface area contributed by atoms with E-state index in [1.165, 1.54) is 19.1 Å². The number of nitrogens with one attached hydrogen (secondary N) is 1. The van der Waals surface area contributed by atoms with Crippen molar-refractivity contribution in [3.05, 3.63) is 53.4 Å². The minimum absolute atomic E-state index is 0.0553.